The van der Waals surface area contributed by atoms with Crippen LogP contribution >= 0.6 is 0 Å². The van der Waals surface area contributed by atoms with E-state index in [-0.39, 0.29) is 24.2 Å². The van der Waals surface area contributed by atoms with E-state index < -0.39 is 11.5 Å². The second-order valence-electron chi connectivity index (χ2n) is 6.14. The fourth-order valence-corrected chi connectivity index (χ4v) is 2.88. The molecule has 0 radical (unpaired) electrons. The van der Waals surface area contributed by atoms with Gasteiger partial charge in [0.15, 0.2) is 5.69 Å². The number of nitrogens with zero attached hydrogens (tertiary/aromatic N) is 2. The van der Waals surface area contributed by atoms with E-state index >= 15 is 0 Å². The molecule has 138 valence electrons. The summed E-state index contributed by atoms with van der Waals surface area (Å²) in [7, 11) is 1.49. The molecule has 3 aromatic rings. The lowest BCUT2D eigenvalue weighted by atomic mass is 10.1. The van der Waals surface area contributed by atoms with E-state index in [1.165, 1.54) is 7.05 Å². The maximum absolute atomic E-state index is 12.7. The molecule has 3 rings (SSSR count). The Hall–Kier alpha value is -3.48. The summed E-state index contributed by atoms with van der Waals surface area (Å²) >= 11 is 0. The van der Waals surface area contributed by atoms with Gasteiger partial charge in [0.2, 0.25) is 5.91 Å². The molecule has 2 aromatic carbocycles. The van der Waals surface area contributed by atoms with Crippen LogP contribution in [0.1, 0.15) is 29.0 Å². The molecule has 1 aromatic heterocycles. The highest BCUT2D eigenvalue weighted by molar-refractivity contribution is 6.04. The Kier molecular flexibility index (Phi) is 5.30. The van der Waals surface area contributed by atoms with Crippen LogP contribution in [0.4, 0.5) is 0 Å². The van der Waals surface area contributed by atoms with E-state index in [0.717, 1.165) is 10.2 Å². The average Bonchev–Trinajstić information content (AvgIpc) is 2.70. The number of aromatic nitrogens is 2. The third-order valence-electron chi connectivity index (χ3n) is 4.28. The molecular weight excluding hydrogens is 344 g/mol. The Labute approximate surface area is 156 Å². The van der Waals surface area contributed by atoms with Crippen LogP contribution in [0.25, 0.3) is 10.8 Å². The molecule has 0 fully saturated rings. The average molecular weight is 364 g/mol. The topological polar surface area (TPSA) is 93.1 Å². The van der Waals surface area contributed by atoms with E-state index in [9.17, 15) is 14.4 Å². The lowest BCUT2D eigenvalue weighted by molar-refractivity contribution is -0.122. The third-order valence-corrected chi connectivity index (χ3v) is 4.28. The van der Waals surface area contributed by atoms with Gasteiger partial charge < -0.3 is 10.6 Å². The number of nitrogens with one attached hydrogen (secondary N) is 2. The number of hydrogen-bond donors (Lipinski definition) is 2. The Bertz CT molecular complexity index is 1040. The monoisotopic (exact) mass is 364 g/mol. The Balaban J connectivity index is 1.90. The quantitative estimate of drug-likeness (QED) is 0.720. The molecule has 0 aliphatic heterocycles. The first kappa shape index (κ1) is 18.3. The second-order valence-corrected chi connectivity index (χ2v) is 6.14. The fraction of sp³-hybridized carbons (Fsp3) is 0.200. The van der Waals surface area contributed by atoms with Crippen molar-refractivity contribution >= 4 is 22.6 Å². The molecule has 0 aliphatic rings. The van der Waals surface area contributed by atoms with E-state index in [0.29, 0.717) is 10.8 Å². The van der Waals surface area contributed by atoms with Gasteiger partial charge in [-0.3, -0.25) is 14.4 Å². The number of amides is 2. The SMILES string of the molecule is CNC(=O)c1nn(CC(=O)NC(C)c2ccccc2)c(=O)c2ccccc12. The standard InChI is InChI=1S/C20H20N4O3/c1-13(14-8-4-3-5-9-14)22-17(25)12-24-20(27)16-11-7-6-10-15(16)18(23-24)19(26)21-2/h3-11,13H,12H2,1-2H3,(H,21,26)(H,22,25). The summed E-state index contributed by atoms with van der Waals surface area (Å²) in [5.74, 6) is -0.780. The zero-order chi connectivity index (χ0) is 19.4. The molecule has 27 heavy (non-hydrogen) atoms. The van der Waals surface area contributed by atoms with Crippen molar-refractivity contribution in [2.75, 3.05) is 7.05 Å². The summed E-state index contributed by atoms with van der Waals surface area (Å²) in [6.45, 7) is 1.59. The van der Waals surface area contributed by atoms with Crippen LogP contribution in [0.3, 0.4) is 0 Å². The molecule has 0 saturated carbocycles. The van der Waals surface area contributed by atoms with Gasteiger partial charge in [-0.25, -0.2) is 4.68 Å². The van der Waals surface area contributed by atoms with Crippen LogP contribution in [0.2, 0.25) is 0 Å². The summed E-state index contributed by atoms with van der Waals surface area (Å²) in [5, 5.41) is 10.3. The number of fused-ring (bicyclic) bond motifs is 1. The number of benzene rings is 2. The van der Waals surface area contributed by atoms with Crippen LogP contribution in [-0.2, 0) is 11.3 Å². The van der Waals surface area contributed by atoms with Crippen molar-refractivity contribution in [3.63, 3.8) is 0 Å². The number of carbonyl (C=O) groups is 2. The van der Waals surface area contributed by atoms with Crippen molar-refractivity contribution < 1.29 is 9.59 Å². The molecule has 1 heterocycles. The molecule has 0 spiro atoms. The Morgan fingerprint density at radius 2 is 1.67 bits per heavy atom. The molecule has 0 bridgehead atoms. The van der Waals surface area contributed by atoms with E-state index in [1.54, 1.807) is 24.3 Å². The molecule has 2 amide bonds. The summed E-state index contributed by atoms with van der Waals surface area (Å²) < 4.78 is 1.03. The lowest BCUT2D eigenvalue weighted by Gasteiger charge is -2.15. The highest BCUT2D eigenvalue weighted by atomic mass is 16.2. The van der Waals surface area contributed by atoms with E-state index in [2.05, 4.69) is 15.7 Å². The molecule has 7 heteroatoms. The maximum Gasteiger partial charge on any atom is 0.275 e. The zero-order valence-electron chi connectivity index (χ0n) is 15.1. The van der Waals surface area contributed by atoms with Gasteiger partial charge in [0.25, 0.3) is 11.5 Å². The predicted molar refractivity (Wildman–Crippen MR) is 102 cm³/mol. The molecular formula is C20H20N4O3. The molecule has 0 aliphatic carbocycles. The van der Waals surface area contributed by atoms with Crippen LogP contribution in [0.15, 0.2) is 59.4 Å². The van der Waals surface area contributed by atoms with Crippen molar-refractivity contribution in [3.8, 4) is 0 Å². The molecule has 7 nitrogen and oxygen atoms in total. The minimum Gasteiger partial charge on any atom is -0.354 e. The molecule has 2 N–H and O–H groups in total. The second kappa shape index (κ2) is 7.82. The number of rotatable bonds is 5. The van der Waals surface area contributed by atoms with Crippen LogP contribution < -0.4 is 16.2 Å². The lowest BCUT2D eigenvalue weighted by Crippen LogP contribution is -2.36. The minimum absolute atomic E-state index is 0.108. The zero-order valence-corrected chi connectivity index (χ0v) is 15.1. The molecule has 1 unspecified atom stereocenters. The maximum atomic E-state index is 12.7. The predicted octanol–water partition coefficient (Wildman–Crippen LogP) is 1.63. The van der Waals surface area contributed by atoms with Gasteiger partial charge in [0.05, 0.1) is 11.4 Å². The largest absolute Gasteiger partial charge is 0.354 e. The van der Waals surface area contributed by atoms with Crippen molar-refractivity contribution in [1.29, 1.82) is 0 Å². The first-order valence-electron chi connectivity index (χ1n) is 8.57. The van der Waals surface area contributed by atoms with Crippen molar-refractivity contribution in [3.05, 3.63) is 76.2 Å². The van der Waals surface area contributed by atoms with Crippen molar-refractivity contribution in [2.24, 2.45) is 0 Å². The third kappa shape index (κ3) is 3.87. The van der Waals surface area contributed by atoms with Crippen molar-refractivity contribution in [2.45, 2.75) is 19.5 Å². The summed E-state index contributed by atoms with van der Waals surface area (Å²) in [6, 6.07) is 16.0. The first-order valence-corrected chi connectivity index (χ1v) is 8.57. The van der Waals surface area contributed by atoms with Gasteiger partial charge >= 0.3 is 0 Å². The van der Waals surface area contributed by atoms with Crippen LogP contribution in [-0.4, -0.2) is 28.6 Å². The van der Waals surface area contributed by atoms with Gasteiger partial charge in [-0.1, -0.05) is 48.5 Å². The summed E-state index contributed by atoms with van der Waals surface area (Å²) in [6.07, 6.45) is 0. The smallest absolute Gasteiger partial charge is 0.275 e. The van der Waals surface area contributed by atoms with E-state index in [4.69, 9.17) is 0 Å². The van der Waals surface area contributed by atoms with Gasteiger partial charge in [-0.2, -0.15) is 5.10 Å². The van der Waals surface area contributed by atoms with Crippen LogP contribution in [0, 0.1) is 0 Å². The van der Waals surface area contributed by atoms with Gasteiger partial charge in [0, 0.05) is 12.4 Å². The van der Waals surface area contributed by atoms with E-state index in [1.807, 2.05) is 37.3 Å². The van der Waals surface area contributed by atoms with Crippen molar-refractivity contribution in [1.82, 2.24) is 20.4 Å². The minimum atomic E-state index is -0.419. The number of hydrogen-bond acceptors (Lipinski definition) is 4. The fourth-order valence-electron chi connectivity index (χ4n) is 2.88. The Morgan fingerprint density at radius 3 is 2.33 bits per heavy atom. The highest BCUT2D eigenvalue weighted by Crippen LogP contribution is 2.14. The number of carbonyl (C=O) groups excluding carboxylic acids is 2. The highest BCUT2D eigenvalue weighted by Gasteiger charge is 2.17. The first-order chi connectivity index (χ1) is 13.0. The Morgan fingerprint density at radius 1 is 1.04 bits per heavy atom. The summed E-state index contributed by atoms with van der Waals surface area (Å²) in [4.78, 5) is 37.2. The normalized spacial score (nSPS) is 11.8. The van der Waals surface area contributed by atoms with Crippen LogP contribution in [0.5, 0.6) is 0 Å². The van der Waals surface area contributed by atoms with Gasteiger partial charge in [-0.15, -0.1) is 0 Å². The molecule has 1 atom stereocenters. The summed E-state index contributed by atoms with van der Waals surface area (Å²) in [5.41, 5.74) is 0.646. The van der Waals surface area contributed by atoms with Gasteiger partial charge in [-0.05, 0) is 18.6 Å². The molecule has 0 saturated heterocycles. The van der Waals surface area contributed by atoms with Gasteiger partial charge in [0.1, 0.15) is 6.54 Å².